The lowest BCUT2D eigenvalue weighted by Crippen LogP contribution is -2.27. The van der Waals surface area contributed by atoms with Gasteiger partial charge in [0.05, 0.1) is 5.69 Å². The van der Waals surface area contributed by atoms with Gasteiger partial charge in [-0.05, 0) is 60.3 Å². The second kappa shape index (κ2) is 6.82. The Morgan fingerprint density at radius 1 is 0.968 bits per heavy atom. The summed E-state index contributed by atoms with van der Waals surface area (Å²) in [4.78, 5) is 7.32. The number of hydrogen-bond acceptors (Lipinski definition) is 2. The van der Waals surface area contributed by atoms with Crippen molar-refractivity contribution in [3.63, 3.8) is 0 Å². The Balaban J connectivity index is 1.64. The number of fused-ring (bicyclic) bond motifs is 4. The van der Waals surface area contributed by atoms with Gasteiger partial charge in [-0.15, -0.1) is 0 Å². The summed E-state index contributed by atoms with van der Waals surface area (Å²) in [6, 6.07) is 20.0. The van der Waals surface area contributed by atoms with Crippen LogP contribution in [0.4, 0.5) is 0 Å². The minimum atomic E-state index is 0.974. The van der Waals surface area contributed by atoms with Gasteiger partial charge in [-0.25, -0.2) is 4.98 Å². The van der Waals surface area contributed by atoms with Crippen molar-refractivity contribution < 1.29 is 0 Å². The molecule has 4 nitrogen and oxygen atoms in total. The van der Waals surface area contributed by atoms with Crippen LogP contribution >= 0.6 is 0 Å². The lowest BCUT2D eigenvalue weighted by atomic mass is 10.0. The molecular weight excluding hydrogens is 380 g/mol. The highest BCUT2D eigenvalue weighted by atomic mass is 15.1. The van der Waals surface area contributed by atoms with Gasteiger partial charge in [0.15, 0.2) is 0 Å². The lowest BCUT2D eigenvalue weighted by molar-refractivity contribution is 0.311. The monoisotopic (exact) mass is 406 g/mol. The summed E-state index contributed by atoms with van der Waals surface area (Å²) in [5.74, 6) is 0. The second-order valence-corrected chi connectivity index (χ2v) is 8.85. The van der Waals surface area contributed by atoms with Crippen molar-refractivity contribution in [2.45, 2.75) is 19.9 Å². The van der Waals surface area contributed by atoms with Crippen LogP contribution in [0.5, 0.6) is 0 Å². The van der Waals surface area contributed by atoms with Gasteiger partial charge >= 0.3 is 0 Å². The van der Waals surface area contributed by atoms with E-state index in [1.165, 1.54) is 49.9 Å². The Bertz CT molecular complexity index is 1450. The third-order valence-corrected chi connectivity index (χ3v) is 6.66. The van der Waals surface area contributed by atoms with Crippen LogP contribution in [0.1, 0.15) is 16.8 Å². The van der Waals surface area contributed by atoms with Crippen molar-refractivity contribution in [1.82, 2.24) is 19.0 Å². The van der Waals surface area contributed by atoms with E-state index < -0.39 is 0 Å². The molecule has 0 radical (unpaired) electrons. The van der Waals surface area contributed by atoms with Crippen molar-refractivity contribution in [3.8, 4) is 16.8 Å². The molecular formula is C27H26N4. The number of likely N-dealkylation sites (N-methyl/N-ethyl adjacent to an activating group) is 1. The average Bonchev–Trinajstić information content (AvgIpc) is 3.31. The molecule has 0 spiro atoms. The molecule has 5 aromatic rings. The summed E-state index contributed by atoms with van der Waals surface area (Å²) in [5.41, 5.74) is 10.0. The van der Waals surface area contributed by atoms with Gasteiger partial charge in [0.25, 0.3) is 0 Å². The molecule has 154 valence electrons. The fourth-order valence-corrected chi connectivity index (χ4v) is 5.07. The van der Waals surface area contributed by atoms with Crippen LogP contribution in [0.25, 0.3) is 38.8 Å². The predicted molar refractivity (Wildman–Crippen MR) is 128 cm³/mol. The average molecular weight is 407 g/mol. The van der Waals surface area contributed by atoms with Crippen molar-refractivity contribution in [2.75, 3.05) is 13.6 Å². The van der Waals surface area contributed by atoms with E-state index in [0.717, 1.165) is 25.2 Å². The van der Waals surface area contributed by atoms with Crippen molar-refractivity contribution in [3.05, 3.63) is 83.8 Å². The maximum absolute atomic E-state index is 4.92. The predicted octanol–water partition coefficient (Wildman–Crippen LogP) is 5.48. The van der Waals surface area contributed by atoms with E-state index in [4.69, 9.17) is 4.98 Å². The quantitative estimate of drug-likeness (QED) is 0.388. The Hall–Kier alpha value is -3.37. The third kappa shape index (κ3) is 2.82. The van der Waals surface area contributed by atoms with E-state index in [0.29, 0.717) is 0 Å². The zero-order valence-electron chi connectivity index (χ0n) is 18.3. The Morgan fingerprint density at radius 2 is 1.84 bits per heavy atom. The molecule has 0 bridgehead atoms. The SMILES string of the molecule is Cc1cnc2c(c1)c1c(n2-c2ccccc2-c2ccc3ccn(C)c3c2)CCN(C)C1. The maximum atomic E-state index is 4.92. The summed E-state index contributed by atoms with van der Waals surface area (Å²) in [5, 5.41) is 2.56. The highest BCUT2D eigenvalue weighted by Gasteiger charge is 2.25. The Morgan fingerprint density at radius 3 is 2.74 bits per heavy atom. The first-order valence-electron chi connectivity index (χ1n) is 10.9. The molecule has 4 heteroatoms. The number of rotatable bonds is 2. The summed E-state index contributed by atoms with van der Waals surface area (Å²) in [6.07, 6.45) is 5.15. The minimum absolute atomic E-state index is 0.974. The van der Waals surface area contributed by atoms with Gasteiger partial charge in [-0.1, -0.05) is 30.3 Å². The van der Waals surface area contributed by atoms with Gasteiger partial charge in [0.1, 0.15) is 5.65 Å². The highest BCUT2D eigenvalue weighted by Crippen LogP contribution is 2.37. The van der Waals surface area contributed by atoms with Gasteiger partial charge in [0, 0.05) is 61.1 Å². The maximum Gasteiger partial charge on any atom is 0.145 e. The normalized spacial score (nSPS) is 14.4. The molecule has 0 aliphatic carbocycles. The van der Waals surface area contributed by atoms with Crippen molar-refractivity contribution in [1.29, 1.82) is 0 Å². The summed E-state index contributed by atoms with van der Waals surface area (Å²) >= 11 is 0. The van der Waals surface area contributed by atoms with Crippen LogP contribution in [0.15, 0.2) is 67.0 Å². The van der Waals surface area contributed by atoms with Crippen LogP contribution in [-0.4, -0.2) is 32.6 Å². The molecule has 0 atom stereocenters. The van der Waals surface area contributed by atoms with Gasteiger partial charge in [-0.3, -0.25) is 4.57 Å². The molecule has 3 aromatic heterocycles. The van der Waals surface area contributed by atoms with E-state index in [9.17, 15) is 0 Å². The standard InChI is InChI=1S/C27H26N4/c1-18-14-22-23-17-29(2)12-11-25(23)31(27(22)28-16-18)24-7-5-4-6-21(24)20-9-8-19-10-13-30(3)26(19)15-20/h4-10,13-16H,11-12,17H2,1-3H3. The molecule has 0 saturated carbocycles. The Kier molecular flexibility index (Phi) is 4.05. The van der Waals surface area contributed by atoms with Gasteiger partial charge < -0.3 is 9.47 Å². The highest BCUT2D eigenvalue weighted by molar-refractivity contribution is 5.90. The number of aryl methyl sites for hydroxylation is 2. The number of nitrogens with zero attached hydrogens (tertiary/aromatic N) is 4. The van der Waals surface area contributed by atoms with E-state index in [-0.39, 0.29) is 0 Å². The van der Waals surface area contributed by atoms with Gasteiger partial charge in [-0.2, -0.15) is 0 Å². The largest absolute Gasteiger partial charge is 0.351 e. The molecule has 0 N–H and O–H groups in total. The summed E-state index contributed by atoms with van der Waals surface area (Å²) in [7, 11) is 4.31. The van der Waals surface area contributed by atoms with E-state index >= 15 is 0 Å². The number of pyridine rings is 1. The van der Waals surface area contributed by atoms with E-state index in [1.54, 1.807) is 0 Å². The van der Waals surface area contributed by atoms with Crippen molar-refractivity contribution in [2.24, 2.45) is 7.05 Å². The number of aromatic nitrogens is 3. The number of hydrogen-bond donors (Lipinski definition) is 0. The number of para-hydroxylation sites is 1. The second-order valence-electron chi connectivity index (χ2n) is 8.85. The zero-order valence-corrected chi connectivity index (χ0v) is 18.3. The zero-order chi connectivity index (χ0) is 21.1. The molecule has 31 heavy (non-hydrogen) atoms. The minimum Gasteiger partial charge on any atom is -0.351 e. The van der Waals surface area contributed by atoms with Crippen LogP contribution < -0.4 is 0 Å². The molecule has 1 aliphatic rings. The molecule has 2 aromatic carbocycles. The van der Waals surface area contributed by atoms with Crippen LogP contribution in [-0.2, 0) is 20.0 Å². The molecule has 0 unspecified atom stereocenters. The molecule has 6 rings (SSSR count). The third-order valence-electron chi connectivity index (χ3n) is 6.66. The van der Waals surface area contributed by atoms with E-state index in [1.807, 2.05) is 6.20 Å². The van der Waals surface area contributed by atoms with Crippen LogP contribution in [0, 0.1) is 6.92 Å². The fraction of sp³-hybridized carbons (Fsp3) is 0.222. The topological polar surface area (TPSA) is 26.0 Å². The fourth-order valence-electron chi connectivity index (χ4n) is 5.07. The van der Waals surface area contributed by atoms with Gasteiger partial charge in [0.2, 0.25) is 0 Å². The van der Waals surface area contributed by atoms with Crippen LogP contribution in [0.3, 0.4) is 0 Å². The smallest absolute Gasteiger partial charge is 0.145 e. The van der Waals surface area contributed by atoms with Crippen LogP contribution in [0.2, 0.25) is 0 Å². The lowest BCUT2D eigenvalue weighted by Gasteiger charge is -2.24. The molecule has 0 saturated heterocycles. The molecule has 4 heterocycles. The first-order chi connectivity index (χ1) is 15.1. The summed E-state index contributed by atoms with van der Waals surface area (Å²) in [6.45, 7) is 4.17. The first kappa shape index (κ1) is 18.4. The first-order valence-corrected chi connectivity index (χ1v) is 10.9. The summed E-state index contributed by atoms with van der Waals surface area (Å²) < 4.78 is 4.61. The number of benzene rings is 2. The van der Waals surface area contributed by atoms with E-state index in [2.05, 4.69) is 95.8 Å². The van der Waals surface area contributed by atoms with Crippen molar-refractivity contribution >= 4 is 21.9 Å². The molecule has 0 amide bonds. The molecule has 0 fully saturated rings. The Labute approximate surface area is 182 Å². The molecule has 1 aliphatic heterocycles.